The van der Waals surface area contributed by atoms with Crippen molar-refractivity contribution in [2.24, 2.45) is 0 Å². The summed E-state index contributed by atoms with van der Waals surface area (Å²) in [4.78, 5) is 0. The largest absolute Gasteiger partial charge is 0.348 e. The third kappa shape index (κ3) is 2.13. The van der Waals surface area contributed by atoms with Crippen molar-refractivity contribution in [1.29, 1.82) is 0 Å². The summed E-state index contributed by atoms with van der Waals surface area (Å²) in [7, 11) is 0. The summed E-state index contributed by atoms with van der Waals surface area (Å²) in [5.74, 6) is 0. The summed E-state index contributed by atoms with van der Waals surface area (Å²) < 4.78 is 14.0. The van der Waals surface area contributed by atoms with Crippen molar-refractivity contribution in [3.63, 3.8) is 0 Å². The van der Waals surface area contributed by atoms with Crippen LogP contribution < -0.4 is 0 Å². The van der Waals surface area contributed by atoms with Gasteiger partial charge in [-0.15, -0.1) is 0 Å². The SMILES string of the molecule is CC[C@H]1CO[C@H](Cn2c3ccccc3c3ccccc32)O1. The van der Waals surface area contributed by atoms with Crippen LogP contribution in [0.4, 0.5) is 0 Å². The summed E-state index contributed by atoms with van der Waals surface area (Å²) in [5.41, 5.74) is 2.48. The van der Waals surface area contributed by atoms with E-state index in [1.54, 1.807) is 0 Å². The van der Waals surface area contributed by atoms with Gasteiger partial charge in [0.25, 0.3) is 0 Å². The number of fused-ring (bicyclic) bond motifs is 3. The van der Waals surface area contributed by atoms with Crippen LogP contribution in [0.2, 0.25) is 0 Å². The van der Waals surface area contributed by atoms with Crippen LogP contribution in [0.15, 0.2) is 48.5 Å². The van der Waals surface area contributed by atoms with E-state index < -0.39 is 0 Å². The first-order chi connectivity index (χ1) is 10.4. The number of nitrogens with zero attached hydrogens (tertiary/aromatic N) is 1. The fourth-order valence-electron chi connectivity index (χ4n) is 3.17. The van der Waals surface area contributed by atoms with Gasteiger partial charge in [-0.05, 0) is 18.6 Å². The van der Waals surface area contributed by atoms with E-state index in [4.69, 9.17) is 9.47 Å². The Morgan fingerprint density at radius 1 is 1.00 bits per heavy atom. The monoisotopic (exact) mass is 281 g/mol. The van der Waals surface area contributed by atoms with E-state index in [1.807, 2.05) is 0 Å². The highest BCUT2D eigenvalue weighted by Crippen LogP contribution is 2.30. The van der Waals surface area contributed by atoms with Crippen LogP contribution in [0.5, 0.6) is 0 Å². The molecule has 0 radical (unpaired) electrons. The third-order valence-corrected chi connectivity index (χ3v) is 4.28. The molecule has 1 saturated heterocycles. The Balaban J connectivity index is 1.79. The Morgan fingerprint density at radius 2 is 1.62 bits per heavy atom. The normalized spacial score (nSPS) is 22.3. The van der Waals surface area contributed by atoms with Gasteiger partial charge in [-0.3, -0.25) is 0 Å². The molecule has 3 aromatic rings. The molecule has 3 nitrogen and oxygen atoms in total. The van der Waals surface area contributed by atoms with Crippen LogP contribution in [0.1, 0.15) is 13.3 Å². The number of hydrogen-bond acceptors (Lipinski definition) is 2. The standard InChI is InChI=1S/C18H19NO2/c1-2-13-12-20-18(21-13)11-19-16-9-5-3-7-14(16)15-8-4-6-10-17(15)19/h3-10,13,18H,2,11-12H2,1H3/t13-,18-/m0/s1. The van der Waals surface area contributed by atoms with Crippen LogP contribution in [0.25, 0.3) is 21.8 Å². The zero-order valence-corrected chi connectivity index (χ0v) is 12.2. The average molecular weight is 281 g/mol. The molecule has 2 aromatic carbocycles. The number of rotatable bonds is 3. The van der Waals surface area contributed by atoms with E-state index in [9.17, 15) is 0 Å². The minimum Gasteiger partial charge on any atom is -0.348 e. The maximum Gasteiger partial charge on any atom is 0.175 e. The molecule has 4 rings (SSSR count). The molecule has 1 aromatic heterocycles. The van der Waals surface area contributed by atoms with Gasteiger partial charge in [-0.2, -0.15) is 0 Å². The van der Waals surface area contributed by atoms with Gasteiger partial charge in [-0.25, -0.2) is 0 Å². The summed E-state index contributed by atoms with van der Waals surface area (Å²) in [6.45, 7) is 3.58. The van der Waals surface area contributed by atoms with Crippen LogP contribution in [0, 0.1) is 0 Å². The second-order valence-electron chi connectivity index (χ2n) is 5.57. The van der Waals surface area contributed by atoms with Crippen molar-refractivity contribution < 1.29 is 9.47 Å². The molecule has 1 fully saturated rings. The lowest BCUT2D eigenvalue weighted by molar-refractivity contribution is -0.0663. The van der Waals surface area contributed by atoms with Gasteiger partial charge in [0.2, 0.25) is 0 Å². The highest BCUT2D eigenvalue weighted by atomic mass is 16.7. The molecule has 2 heterocycles. The fourth-order valence-corrected chi connectivity index (χ4v) is 3.17. The molecule has 0 saturated carbocycles. The van der Waals surface area contributed by atoms with Crippen molar-refractivity contribution in [3.05, 3.63) is 48.5 Å². The molecular weight excluding hydrogens is 262 g/mol. The number of aromatic nitrogens is 1. The molecule has 1 aliphatic rings. The molecule has 1 aliphatic heterocycles. The van der Waals surface area contributed by atoms with Crippen LogP contribution in [-0.4, -0.2) is 23.6 Å². The van der Waals surface area contributed by atoms with Crippen molar-refractivity contribution in [2.45, 2.75) is 32.3 Å². The third-order valence-electron chi connectivity index (χ3n) is 4.28. The van der Waals surface area contributed by atoms with Crippen molar-refractivity contribution in [3.8, 4) is 0 Å². The molecule has 0 bridgehead atoms. The predicted octanol–water partition coefficient (Wildman–Crippen LogP) is 3.95. The lowest BCUT2D eigenvalue weighted by atomic mass is 10.2. The Bertz CT molecular complexity index is 724. The van der Waals surface area contributed by atoms with E-state index in [0.29, 0.717) is 6.61 Å². The Hall–Kier alpha value is -1.84. The predicted molar refractivity (Wildman–Crippen MR) is 84.3 cm³/mol. The molecule has 0 amide bonds. The lowest BCUT2D eigenvalue weighted by Gasteiger charge is -2.13. The molecule has 3 heteroatoms. The number of ether oxygens (including phenoxy) is 2. The Labute approximate surface area is 124 Å². The van der Waals surface area contributed by atoms with Crippen LogP contribution >= 0.6 is 0 Å². The van der Waals surface area contributed by atoms with E-state index in [-0.39, 0.29) is 12.4 Å². The molecule has 0 spiro atoms. The van der Waals surface area contributed by atoms with Gasteiger partial charge in [0.15, 0.2) is 6.29 Å². The molecule has 0 unspecified atom stereocenters. The van der Waals surface area contributed by atoms with Crippen molar-refractivity contribution in [1.82, 2.24) is 4.57 Å². The van der Waals surface area contributed by atoms with Crippen LogP contribution in [0.3, 0.4) is 0 Å². The van der Waals surface area contributed by atoms with Gasteiger partial charge in [0, 0.05) is 21.8 Å². The molecule has 0 N–H and O–H groups in total. The van der Waals surface area contributed by atoms with E-state index >= 15 is 0 Å². The summed E-state index contributed by atoms with van der Waals surface area (Å²) in [5, 5.41) is 2.58. The van der Waals surface area contributed by atoms with Gasteiger partial charge in [0.05, 0.1) is 19.3 Å². The Morgan fingerprint density at radius 3 is 2.19 bits per heavy atom. The van der Waals surface area contributed by atoms with E-state index in [1.165, 1.54) is 21.8 Å². The summed E-state index contributed by atoms with van der Waals surface area (Å²) in [6, 6.07) is 17.1. The number of para-hydroxylation sites is 2. The lowest BCUT2D eigenvalue weighted by Crippen LogP contribution is -2.18. The first kappa shape index (κ1) is 12.9. The maximum absolute atomic E-state index is 5.94. The van der Waals surface area contributed by atoms with E-state index in [2.05, 4.69) is 60.0 Å². The van der Waals surface area contributed by atoms with E-state index in [0.717, 1.165) is 13.0 Å². The molecular formula is C18H19NO2. The average Bonchev–Trinajstić information content (AvgIpc) is 3.12. The first-order valence-corrected chi connectivity index (χ1v) is 7.60. The first-order valence-electron chi connectivity index (χ1n) is 7.60. The minimum absolute atomic E-state index is 0.144. The fraction of sp³-hybridized carbons (Fsp3) is 0.333. The van der Waals surface area contributed by atoms with Crippen molar-refractivity contribution in [2.75, 3.05) is 6.61 Å². The van der Waals surface area contributed by atoms with Crippen molar-refractivity contribution >= 4 is 21.8 Å². The second-order valence-corrected chi connectivity index (χ2v) is 5.57. The summed E-state index contributed by atoms with van der Waals surface area (Å²) >= 11 is 0. The molecule has 2 atom stereocenters. The number of benzene rings is 2. The summed E-state index contributed by atoms with van der Waals surface area (Å²) in [6.07, 6.45) is 1.10. The highest BCUT2D eigenvalue weighted by Gasteiger charge is 2.25. The van der Waals surface area contributed by atoms with Gasteiger partial charge >= 0.3 is 0 Å². The molecule has 0 aliphatic carbocycles. The minimum atomic E-state index is -0.144. The zero-order valence-electron chi connectivity index (χ0n) is 12.2. The topological polar surface area (TPSA) is 23.4 Å². The highest BCUT2D eigenvalue weighted by molar-refractivity contribution is 6.07. The van der Waals surface area contributed by atoms with Gasteiger partial charge in [0.1, 0.15) is 0 Å². The maximum atomic E-state index is 5.94. The zero-order chi connectivity index (χ0) is 14.2. The molecule has 108 valence electrons. The van der Waals surface area contributed by atoms with Crippen LogP contribution in [-0.2, 0) is 16.0 Å². The molecule has 21 heavy (non-hydrogen) atoms. The van der Waals surface area contributed by atoms with Gasteiger partial charge in [-0.1, -0.05) is 43.3 Å². The van der Waals surface area contributed by atoms with Gasteiger partial charge < -0.3 is 14.0 Å². The number of hydrogen-bond donors (Lipinski definition) is 0. The smallest absolute Gasteiger partial charge is 0.175 e. The Kier molecular flexibility index (Phi) is 3.17. The quantitative estimate of drug-likeness (QED) is 0.725. The second kappa shape index (κ2) is 5.17.